The summed E-state index contributed by atoms with van der Waals surface area (Å²) in [6.07, 6.45) is 4.09. The van der Waals surface area contributed by atoms with Gasteiger partial charge in [0.2, 0.25) is 0 Å². The van der Waals surface area contributed by atoms with Gasteiger partial charge in [0.1, 0.15) is 7.05 Å². The van der Waals surface area contributed by atoms with E-state index in [1.165, 1.54) is 3.57 Å². The molecule has 1 heterocycles. The largest absolute Gasteiger partial charge is 0.222 e. The molecule has 0 N–H and O–H groups in total. The van der Waals surface area contributed by atoms with Gasteiger partial charge in [0.05, 0.1) is 3.57 Å². The van der Waals surface area contributed by atoms with E-state index in [1.807, 2.05) is 23.9 Å². The summed E-state index contributed by atoms with van der Waals surface area (Å²) in [5.74, 6) is 0. The first kappa shape index (κ1) is 13.0. The average Bonchev–Trinajstić information content (AvgIpc) is 1.81. The fourth-order valence-electron chi connectivity index (χ4n) is 0.551. The van der Waals surface area contributed by atoms with Gasteiger partial charge in [0.15, 0.2) is 12.4 Å². The lowest BCUT2D eigenvalue weighted by Crippen LogP contribution is -2.68. The van der Waals surface area contributed by atoms with Crippen LogP contribution in [0.25, 0.3) is 0 Å². The van der Waals surface area contributed by atoms with Crippen LogP contribution in [0.4, 0.5) is 0 Å². The molecule has 0 aliphatic heterocycles. The van der Waals surface area contributed by atoms with E-state index in [9.17, 15) is 0 Å². The van der Waals surface area contributed by atoms with Gasteiger partial charge in [0.25, 0.3) is 0 Å². The fourth-order valence-corrected chi connectivity index (χ4v) is 1.20. The Balaban J connectivity index is 0.000000252. The molecule has 1 aromatic rings. The van der Waals surface area contributed by atoms with Gasteiger partial charge in [-0.2, -0.15) is 0 Å². The zero-order valence-electron chi connectivity index (χ0n) is 6.65. The van der Waals surface area contributed by atoms with Crippen LogP contribution in [0.3, 0.4) is 0 Å². The molecule has 0 atom stereocenters. The second-order valence-corrected chi connectivity index (χ2v) is 4.07. The van der Waals surface area contributed by atoms with Crippen LogP contribution < -0.4 is 23.2 Å². The zero-order chi connectivity index (χ0) is 10.5. The number of hydrogen-bond donors (Lipinski definition) is 0. The monoisotopic (exact) mass is 319 g/mol. The molecule has 0 bridgehead atoms. The van der Waals surface area contributed by atoms with E-state index in [1.54, 1.807) is 0 Å². The molecule has 0 unspecified atom stereocenters. The highest BCUT2D eigenvalue weighted by Gasteiger charge is 1.89. The Labute approximate surface area is 91.1 Å². The van der Waals surface area contributed by atoms with Crippen LogP contribution in [-0.4, -0.2) is 0 Å². The molecule has 0 spiro atoms. The van der Waals surface area contributed by atoms with Crippen molar-refractivity contribution in [2.75, 3.05) is 0 Å². The summed E-state index contributed by atoms with van der Waals surface area (Å²) in [6.45, 7) is 0. The minimum atomic E-state index is -4.94. The van der Waals surface area contributed by atoms with Crippen molar-refractivity contribution in [1.29, 1.82) is 0 Å². The first-order valence-corrected chi connectivity index (χ1v) is 5.33. The van der Waals surface area contributed by atoms with E-state index in [2.05, 4.69) is 34.9 Å². The van der Waals surface area contributed by atoms with E-state index >= 15 is 0 Å². The predicted molar refractivity (Wildman–Crippen MR) is 40.3 cm³/mol. The summed E-state index contributed by atoms with van der Waals surface area (Å²) < 4.78 is 37.3. The molecular weight excluding hydrogens is 312 g/mol. The Hall–Kier alpha value is 0.01000. The Kier molecular flexibility index (Phi) is 5.68. The Morgan fingerprint density at radius 3 is 2.00 bits per heavy atom. The maximum Gasteiger partial charge on any atom is 0.181 e. The van der Waals surface area contributed by atoms with Crippen LogP contribution in [0, 0.1) is 13.8 Å². The molecule has 0 fully saturated rings. The second-order valence-electron chi connectivity index (χ2n) is 2.07. The van der Waals surface area contributed by atoms with Crippen LogP contribution >= 0.6 is 22.6 Å². The van der Waals surface area contributed by atoms with Crippen molar-refractivity contribution in [2.24, 2.45) is 7.05 Å². The summed E-state index contributed by atoms with van der Waals surface area (Å²) in [7, 11) is -2.93. The third-order valence-electron chi connectivity index (χ3n) is 0.904. The number of nitrogens with zero attached hydrogens (tertiary/aromatic N) is 1. The highest BCUT2D eigenvalue weighted by Crippen LogP contribution is 1.96. The first-order valence-electron chi connectivity index (χ1n) is 3.01. The number of halogens is 2. The topological polar surface area (TPSA) is 96.1 Å². The van der Waals surface area contributed by atoms with Crippen LogP contribution in [0.5, 0.6) is 0 Å². The van der Waals surface area contributed by atoms with Crippen molar-refractivity contribution in [3.05, 3.63) is 28.1 Å². The minimum Gasteiger partial charge on any atom is -0.222 e. The average molecular weight is 319 g/mol. The molecular formula is C6H7ClINO4. The predicted octanol–water partition coefficient (Wildman–Crippen LogP) is -3.64. The Morgan fingerprint density at radius 1 is 1.31 bits per heavy atom. The van der Waals surface area contributed by atoms with E-state index in [4.69, 9.17) is 18.6 Å². The smallest absolute Gasteiger partial charge is 0.181 e. The molecule has 0 saturated carbocycles. The zero-order valence-corrected chi connectivity index (χ0v) is 9.56. The van der Waals surface area contributed by atoms with Crippen molar-refractivity contribution in [1.82, 2.24) is 0 Å². The number of rotatable bonds is 0. The van der Waals surface area contributed by atoms with Gasteiger partial charge >= 0.3 is 0 Å². The standard InChI is InChI=1S/C6H7IN.ClHO4/c1-8-4-2-3-6(7)5-8;2-1(3,4)5/h2-5H,1H3;(H,2,3,4,5)/q+1;/p-1. The number of aromatic nitrogens is 1. The van der Waals surface area contributed by atoms with Gasteiger partial charge in [-0.1, -0.05) is 0 Å². The van der Waals surface area contributed by atoms with Gasteiger partial charge in [-0.3, -0.25) is 0 Å². The van der Waals surface area contributed by atoms with Crippen LogP contribution in [0.15, 0.2) is 24.5 Å². The highest BCUT2D eigenvalue weighted by molar-refractivity contribution is 14.1. The maximum atomic E-state index is 8.49. The maximum absolute atomic E-state index is 8.49. The lowest BCUT2D eigenvalue weighted by atomic mass is 10.5. The molecule has 0 aromatic carbocycles. The number of aryl methyl sites for hydroxylation is 1. The number of hydrogen-bond acceptors (Lipinski definition) is 4. The molecule has 1 aromatic heterocycles. The Morgan fingerprint density at radius 2 is 1.77 bits per heavy atom. The lowest BCUT2D eigenvalue weighted by molar-refractivity contribution is -2.00. The first-order chi connectivity index (χ1) is 5.79. The lowest BCUT2D eigenvalue weighted by Gasteiger charge is -2.17. The van der Waals surface area contributed by atoms with Gasteiger partial charge in [-0.15, -0.1) is 10.2 Å². The highest BCUT2D eigenvalue weighted by atomic mass is 127. The Bertz CT molecular complexity index is 242. The van der Waals surface area contributed by atoms with E-state index in [0.29, 0.717) is 0 Å². The summed E-state index contributed by atoms with van der Waals surface area (Å²) in [4.78, 5) is 0. The molecule has 13 heavy (non-hydrogen) atoms. The molecule has 1 rings (SSSR count). The molecule has 0 radical (unpaired) electrons. The van der Waals surface area contributed by atoms with Crippen molar-refractivity contribution in [3.8, 4) is 0 Å². The molecule has 0 amide bonds. The van der Waals surface area contributed by atoms with Gasteiger partial charge in [-0.25, -0.2) is 23.2 Å². The van der Waals surface area contributed by atoms with Crippen LogP contribution in [-0.2, 0) is 7.05 Å². The molecule has 0 aliphatic rings. The number of pyridine rings is 1. The van der Waals surface area contributed by atoms with Crippen LogP contribution in [0.2, 0.25) is 0 Å². The van der Waals surface area contributed by atoms with Crippen LogP contribution in [0.1, 0.15) is 0 Å². The summed E-state index contributed by atoms with van der Waals surface area (Å²) in [5.41, 5.74) is 0. The van der Waals surface area contributed by atoms with Crippen molar-refractivity contribution in [3.63, 3.8) is 0 Å². The van der Waals surface area contributed by atoms with Crippen molar-refractivity contribution in [2.45, 2.75) is 0 Å². The van der Waals surface area contributed by atoms with Gasteiger partial charge < -0.3 is 0 Å². The van der Waals surface area contributed by atoms with Gasteiger partial charge in [0, 0.05) is 6.07 Å². The minimum absolute atomic E-state index is 1.27. The molecule has 7 heteroatoms. The summed E-state index contributed by atoms with van der Waals surface area (Å²) >= 11 is 2.28. The van der Waals surface area contributed by atoms with E-state index < -0.39 is 10.2 Å². The SMILES string of the molecule is C[n+]1cccc(I)c1.[O-][Cl+3]([O-])([O-])[O-]. The third-order valence-corrected chi connectivity index (χ3v) is 1.54. The fraction of sp³-hybridized carbons (Fsp3) is 0.167. The molecule has 5 nitrogen and oxygen atoms in total. The normalized spacial score (nSPS) is 10.3. The van der Waals surface area contributed by atoms with E-state index in [0.717, 1.165) is 0 Å². The van der Waals surface area contributed by atoms with Gasteiger partial charge in [-0.05, 0) is 28.7 Å². The van der Waals surface area contributed by atoms with Crippen molar-refractivity contribution >= 4 is 22.6 Å². The third kappa shape index (κ3) is 12.0. The summed E-state index contributed by atoms with van der Waals surface area (Å²) in [5, 5.41) is 0. The quantitative estimate of drug-likeness (QED) is 0.364. The molecule has 0 aliphatic carbocycles. The molecule has 74 valence electrons. The second kappa shape index (κ2) is 5.68. The molecule has 0 saturated heterocycles. The van der Waals surface area contributed by atoms with Crippen molar-refractivity contribution < 1.29 is 33.4 Å². The van der Waals surface area contributed by atoms with E-state index in [-0.39, 0.29) is 0 Å². The summed E-state index contributed by atoms with van der Waals surface area (Å²) in [6, 6.07) is 4.10.